The van der Waals surface area contributed by atoms with Crippen LogP contribution in [-0.2, 0) is 13.0 Å². The van der Waals surface area contributed by atoms with Crippen molar-refractivity contribution in [3.05, 3.63) is 70.1 Å². The van der Waals surface area contributed by atoms with Crippen LogP contribution in [0.15, 0.2) is 53.3 Å². The van der Waals surface area contributed by atoms with Gasteiger partial charge in [-0.25, -0.2) is 0 Å². The van der Waals surface area contributed by atoms with E-state index in [9.17, 15) is 0 Å². The molecule has 0 saturated heterocycles. The minimum Gasteiger partial charge on any atom is -0.330 e. The van der Waals surface area contributed by atoms with Crippen molar-refractivity contribution in [2.75, 3.05) is 6.54 Å². The van der Waals surface area contributed by atoms with Crippen molar-refractivity contribution in [2.45, 2.75) is 31.7 Å². The van der Waals surface area contributed by atoms with Gasteiger partial charge in [-0.3, -0.25) is 9.67 Å². The zero-order chi connectivity index (χ0) is 17.2. The van der Waals surface area contributed by atoms with E-state index in [2.05, 4.69) is 55.9 Å². The molecule has 4 nitrogen and oxygen atoms in total. The Morgan fingerprint density at radius 1 is 1.20 bits per heavy atom. The average molecular weight is 397 g/mol. The second kappa shape index (κ2) is 7.10. The molecule has 1 aliphatic carbocycles. The molecule has 128 valence electrons. The van der Waals surface area contributed by atoms with Gasteiger partial charge in [0.1, 0.15) is 0 Å². The average Bonchev–Trinajstić information content (AvgIpc) is 3.01. The second-order valence-electron chi connectivity index (χ2n) is 6.57. The zero-order valence-electron chi connectivity index (χ0n) is 14.0. The highest BCUT2D eigenvalue weighted by atomic mass is 79.9. The Morgan fingerprint density at radius 3 is 2.80 bits per heavy atom. The minimum absolute atomic E-state index is 0.377. The third kappa shape index (κ3) is 3.26. The molecule has 0 bridgehead atoms. The molecule has 1 aliphatic rings. The summed E-state index contributed by atoms with van der Waals surface area (Å²) < 4.78 is 3.14. The molecule has 25 heavy (non-hydrogen) atoms. The predicted molar refractivity (Wildman–Crippen MR) is 103 cm³/mol. The van der Waals surface area contributed by atoms with Crippen molar-refractivity contribution in [1.29, 1.82) is 0 Å². The fourth-order valence-corrected chi connectivity index (χ4v) is 4.11. The lowest BCUT2D eigenvalue weighted by Crippen LogP contribution is -2.19. The van der Waals surface area contributed by atoms with Gasteiger partial charge in [0, 0.05) is 39.6 Å². The molecule has 5 heteroatoms. The summed E-state index contributed by atoms with van der Waals surface area (Å²) in [7, 11) is 0. The molecule has 2 aromatic heterocycles. The Balaban J connectivity index is 1.83. The quantitative estimate of drug-likeness (QED) is 0.720. The van der Waals surface area contributed by atoms with E-state index in [0.717, 1.165) is 35.1 Å². The van der Waals surface area contributed by atoms with Crippen LogP contribution >= 0.6 is 15.9 Å². The largest absolute Gasteiger partial charge is 0.330 e. The van der Waals surface area contributed by atoms with Gasteiger partial charge in [-0.05, 0) is 53.4 Å². The lowest BCUT2D eigenvalue weighted by molar-refractivity contribution is 0.532. The topological polar surface area (TPSA) is 56.7 Å². The van der Waals surface area contributed by atoms with Gasteiger partial charge in [0.05, 0.1) is 12.2 Å². The Bertz CT molecular complexity index is 873. The summed E-state index contributed by atoms with van der Waals surface area (Å²) in [6.45, 7) is 1.46. The number of hydrogen-bond donors (Lipinski definition) is 1. The number of halogens is 1. The van der Waals surface area contributed by atoms with Gasteiger partial charge in [-0.1, -0.05) is 30.3 Å². The van der Waals surface area contributed by atoms with Crippen molar-refractivity contribution < 1.29 is 0 Å². The van der Waals surface area contributed by atoms with Gasteiger partial charge in [0.2, 0.25) is 0 Å². The van der Waals surface area contributed by atoms with E-state index in [1.807, 2.05) is 12.3 Å². The lowest BCUT2D eigenvalue weighted by atomic mass is 9.84. The highest BCUT2D eigenvalue weighted by molar-refractivity contribution is 9.10. The van der Waals surface area contributed by atoms with Crippen molar-refractivity contribution in [1.82, 2.24) is 14.8 Å². The number of nitrogens with zero attached hydrogens (tertiary/aromatic N) is 3. The molecule has 1 atom stereocenters. The van der Waals surface area contributed by atoms with Crippen molar-refractivity contribution in [3.63, 3.8) is 0 Å². The fraction of sp³-hybridized carbons (Fsp3) is 0.300. The highest BCUT2D eigenvalue weighted by Gasteiger charge is 2.28. The lowest BCUT2D eigenvalue weighted by Gasteiger charge is -2.23. The van der Waals surface area contributed by atoms with Crippen LogP contribution in [0.3, 0.4) is 0 Å². The molecule has 0 spiro atoms. The summed E-state index contributed by atoms with van der Waals surface area (Å²) in [6.07, 6.45) is 7.06. The molecule has 2 heterocycles. The molecule has 1 aromatic carbocycles. The Hall–Kier alpha value is -1.98. The Kier molecular flexibility index (Phi) is 4.68. The normalized spacial score (nSPS) is 16.6. The molecule has 0 saturated carbocycles. The minimum atomic E-state index is 0.377. The van der Waals surface area contributed by atoms with E-state index >= 15 is 0 Å². The second-order valence-corrected chi connectivity index (χ2v) is 7.48. The zero-order valence-corrected chi connectivity index (χ0v) is 15.6. The maximum atomic E-state index is 6.09. The fourth-order valence-electron chi connectivity index (χ4n) is 3.74. The maximum Gasteiger partial charge on any atom is 0.0977 e. The Morgan fingerprint density at radius 2 is 2.04 bits per heavy atom. The van der Waals surface area contributed by atoms with Crippen LogP contribution in [-0.4, -0.2) is 21.3 Å². The summed E-state index contributed by atoms with van der Waals surface area (Å²) in [5.41, 5.74) is 12.1. The molecule has 0 fully saturated rings. The molecule has 1 unspecified atom stereocenters. The third-order valence-electron chi connectivity index (χ3n) is 4.91. The van der Waals surface area contributed by atoms with E-state index in [-0.39, 0.29) is 0 Å². The standard InChI is InChI=1S/C20H21BrN4/c21-17-9-16(11-23-12-17)20-19-15(10-22)7-4-8-18(19)25(24-20)13-14-5-2-1-3-6-14/h1-3,5-6,9,11-12,15H,4,7-8,10,13,22H2. The van der Waals surface area contributed by atoms with Crippen LogP contribution in [0.5, 0.6) is 0 Å². The molecule has 0 radical (unpaired) electrons. The highest BCUT2D eigenvalue weighted by Crippen LogP contribution is 2.38. The first-order valence-corrected chi connectivity index (χ1v) is 9.50. The van der Waals surface area contributed by atoms with Gasteiger partial charge in [0.15, 0.2) is 0 Å². The predicted octanol–water partition coefficient (Wildman–Crippen LogP) is 4.13. The van der Waals surface area contributed by atoms with Gasteiger partial charge in [-0.15, -0.1) is 0 Å². The van der Waals surface area contributed by atoms with E-state index in [0.29, 0.717) is 12.5 Å². The van der Waals surface area contributed by atoms with Crippen molar-refractivity contribution >= 4 is 15.9 Å². The molecular formula is C20H21BrN4. The number of fused-ring (bicyclic) bond motifs is 1. The van der Waals surface area contributed by atoms with E-state index in [1.165, 1.54) is 23.2 Å². The van der Waals surface area contributed by atoms with Crippen LogP contribution in [0.1, 0.15) is 35.6 Å². The monoisotopic (exact) mass is 396 g/mol. The van der Waals surface area contributed by atoms with Crippen molar-refractivity contribution in [2.24, 2.45) is 5.73 Å². The molecule has 0 aliphatic heterocycles. The molecular weight excluding hydrogens is 376 g/mol. The number of hydrogen-bond acceptors (Lipinski definition) is 3. The summed E-state index contributed by atoms with van der Waals surface area (Å²) in [6, 6.07) is 12.6. The smallest absolute Gasteiger partial charge is 0.0977 e. The summed E-state index contributed by atoms with van der Waals surface area (Å²) in [4.78, 5) is 4.33. The van der Waals surface area contributed by atoms with E-state index < -0.39 is 0 Å². The van der Waals surface area contributed by atoms with Crippen LogP contribution < -0.4 is 5.73 Å². The van der Waals surface area contributed by atoms with Crippen LogP contribution in [0.25, 0.3) is 11.3 Å². The van der Waals surface area contributed by atoms with Crippen LogP contribution in [0.2, 0.25) is 0 Å². The van der Waals surface area contributed by atoms with Gasteiger partial charge < -0.3 is 5.73 Å². The van der Waals surface area contributed by atoms with Crippen LogP contribution in [0, 0.1) is 0 Å². The van der Waals surface area contributed by atoms with Crippen molar-refractivity contribution in [3.8, 4) is 11.3 Å². The van der Waals surface area contributed by atoms with Gasteiger partial charge in [-0.2, -0.15) is 5.10 Å². The van der Waals surface area contributed by atoms with Crippen LogP contribution in [0.4, 0.5) is 0 Å². The number of aromatic nitrogens is 3. The van der Waals surface area contributed by atoms with E-state index in [4.69, 9.17) is 10.8 Å². The summed E-state index contributed by atoms with van der Waals surface area (Å²) in [5, 5.41) is 5.00. The number of pyridine rings is 1. The summed E-state index contributed by atoms with van der Waals surface area (Å²) >= 11 is 3.53. The van der Waals surface area contributed by atoms with Gasteiger partial charge in [0.25, 0.3) is 0 Å². The molecule has 0 amide bonds. The molecule has 2 N–H and O–H groups in total. The molecule has 3 aromatic rings. The maximum absolute atomic E-state index is 6.09. The number of nitrogens with two attached hydrogens (primary N) is 1. The first-order chi connectivity index (χ1) is 12.3. The number of rotatable bonds is 4. The molecule has 4 rings (SSSR count). The summed E-state index contributed by atoms with van der Waals surface area (Å²) in [5.74, 6) is 0.377. The van der Waals surface area contributed by atoms with Gasteiger partial charge >= 0.3 is 0 Å². The SMILES string of the molecule is NCC1CCCc2c1c(-c1cncc(Br)c1)nn2Cc1ccccc1. The number of benzene rings is 1. The first-order valence-electron chi connectivity index (χ1n) is 8.70. The first kappa shape index (κ1) is 16.5. The third-order valence-corrected chi connectivity index (χ3v) is 5.34. The van der Waals surface area contributed by atoms with E-state index in [1.54, 1.807) is 6.20 Å². The Labute approximate surface area is 156 Å².